The molecule has 0 spiro atoms. The molecule has 0 bridgehead atoms. The Morgan fingerprint density at radius 3 is 2.50 bits per heavy atom. The highest BCUT2D eigenvalue weighted by molar-refractivity contribution is 7.95. The third kappa shape index (κ3) is 2.83. The standard InChI is InChI=1S/C16H17ClFN3O2S/c1-19-9-4-10-20-15-5-2-3-6-16(15)21(24(20,22)23)14-8-7-12(17)11-13(14)18/h2-3,5-8,11,19H,4,9-10H2,1H3. The largest absolute Gasteiger partial charge is 0.331 e. The van der Waals surface area contributed by atoms with Crippen molar-refractivity contribution in [2.24, 2.45) is 0 Å². The van der Waals surface area contributed by atoms with Crippen LogP contribution in [0.3, 0.4) is 0 Å². The summed E-state index contributed by atoms with van der Waals surface area (Å²) in [6, 6.07) is 10.8. The number of rotatable bonds is 5. The van der Waals surface area contributed by atoms with E-state index >= 15 is 0 Å². The highest BCUT2D eigenvalue weighted by Crippen LogP contribution is 2.46. The molecule has 0 aliphatic carbocycles. The number of nitrogens with one attached hydrogen (secondary N) is 1. The van der Waals surface area contributed by atoms with Gasteiger partial charge < -0.3 is 5.32 Å². The van der Waals surface area contributed by atoms with Crippen molar-refractivity contribution < 1.29 is 12.8 Å². The van der Waals surface area contributed by atoms with Gasteiger partial charge in [-0.15, -0.1) is 0 Å². The third-order valence-electron chi connectivity index (χ3n) is 3.79. The molecule has 1 aliphatic heterocycles. The van der Waals surface area contributed by atoms with E-state index in [0.717, 1.165) is 10.4 Å². The molecule has 3 rings (SSSR count). The minimum absolute atomic E-state index is 0.0389. The molecule has 0 aromatic heterocycles. The van der Waals surface area contributed by atoms with Gasteiger partial charge in [0.05, 0.1) is 17.1 Å². The van der Waals surface area contributed by atoms with Crippen LogP contribution in [0.15, 0.2) is 42.5 Å². The smallest absolute Gasteiger partial charge is 0.320 e. The summed E-state index contributed by atoms with van der Waals surface area (Å²) in [7, 11) is -2.09. The molecule has 2 aromatic rings. The van der Waals surface area contributed by atoms with Crippen molar-refractivity contribution in [2.75, 3.05) is 28.7 Å². The molecular formula is C16H17ClFN3O2S. The lowest BCUT2D eigenvalue weighted by Gasteiger charge is -2.22. The van der Waals surface area contributed by atoms with Gasteiger partial charge in [-0.1, -0.05) is 23.7 Å². The van der Waals surface area contributed by atoms with Crippen molar-refractivity contribution >= 4 is 38.9 Å². The number of para-hydroxylation sites is 2. The lowest BCUT2D eigenvalue weighted by atomic mass is 10.2. The van der Waals surface area contributed by atoms with Gasteiger partial charge >= 0.3 is 10.2 Å². The fraction of sp³-hybridized carbons (Fsp3) is 0.250. The number of hydrogen-bond acceptors (Lipinski definition) is 3. The Morgan fingerprint density at radius 1 is 1.12 bits per heavy atom. The van der Waals surface area contributed by atoms with Gasteiger partial charge in [-0.2, -0.15) is 8.42 Å². The van der Waals surface area contributed by atoms with Gasteiger partial charge in [0.2, 0.25) is 0 Å². The zero-order chi connectivity index (χ0) is 17.3. The van der Waals surface area contributed by atoms with Gasteiger partial charge in [0.1, 0.15) is 5.82 Å². The molecule has 1 aliphatic rings. The Hall–Kier alpha value is -1.83. The van der Waals surface area contributed by atoms with E-state index in [4.69, 9.17) is 11.6 Å². The normalized spacial score (nSPS) is 15.6. The molecule has 0 saturated carbocycles. The number of anilines is 3. The molecule has 0 unspecified atom stereocenters. The summed E-state index contributed by atoms with van der Waals surface area (Å²) in [6.45, 7) is 0.995. The van der Waals surface area contributed by atoms with Crippen LogP contribution in [0.25, 0.3) is 0 Å². The first-order valence-electron chi connectivity index (χ1n) is 7.48. The van der Waals surface area contributed by atoms with E-state index in [0.29, 0.717) is 30.9 Å². The Labute approximate surface area is 145 Å². The van der Waals surface area contributed by atoms with Gasteiger partial charge in [0.15, 0.2) is 0 Å². The van der Waals surface area contributed by atoms with Crippen LogP contribution in [0, 0.1) is 5.82 Å². The molecule has 1 N–H and O–H groups in total. The molecular weight excluding hydrogens is 353 g/mol. The summed E-state index contributed by atoms with van der Waals surface area (Å²) in [5.41, 5.74) is 0.939. The molecule has 5 nitrogen and oxygen atoms in total. The second-order valence-electron chi connectivity index (χ2n) is 5.39. The molecule has 0 saturated heterocycles. The van der Waals surface area contributed by atoms with Crippen LogP contribution >= 0.6 is 11.6 Å². The van der Waals surface area contributed by atoms with E-state index in [9.17, 15) is 12.8 Å². The lowest BCUT2D eigenvalue weighted by molar-refractivity contribution is 0.588. The average molecular weight is 370 g/mol. The topological polar surface area (TPSA) is 52.6 Å². The molecule has 0 amide bonds. The molecule has 0 radical (unpaired) electrons. The van der Waals surface area contributed by atoms with E-state index in [-0.39, 0.29) is 10.7 Å². The molecule has 2 aromatic carbocycles. The van der Waals surface area contributed by atoms with Crippen molar-refractivity contribution in [1.29, 1.82) is 0 Å². The summed E-state index contributed by atoms with van der Waals surface area (Å²) in [6.07, 6.45) is 0.640. The molecule has 24 heavy (non-hydrogen) atoms. The van der Waals surface area contributed by atoms with Gasteiger partial charge in [-0.05, 0) is 50.3 Å². The van der Waals surface area contributed by atoms with Crippen LogP contribution in [0.2, 0.25) is 5.02 Å². The van der Waals surface area contributed by atoms with Crippen LogP contribution in [0.4, 0.5) is 21.5 Å². The minimum atomic E-state index is -3.90. The van der Waals surface area contributed by atoms with E-state index in [2.05, 4.69) is 5.32 Å². The second kappa shape index (κ2) is 6.58. The van der Waals surface area contributed by atoms with Crippen molar-refractivity contribution in [2.45, 2.75) is 6.42 Å². The van der Waals surface area contributed by atoms with Gasteiger partial charge in [-0.3, -0.25) is 4.31 Å². The van der Waals surface area contributed by atoms with Crippen LogP contribution in [0.1, 0.15) is 6.42 Å². The van der Waals surface area contributed by atoms with Crippen LogP contribution in [0.5, 0.6) is 0 Å². The summed E-state index contributed by atoms with van der Waals surface area (Å²) in [4.78, 5) is 0. The maximum atomic E-state index is 14.4. The van der Waals surface area contributed by atoms with Crippen LogP contribution < -0.4 is 13.9 Å². The molecule has 0 fully saturated rings. The first kappa shape index (κ1) is 17.0. The number of fused-ring (bicyclic) bond motifs is 1. The van der Waals surface area contributed by atoms with E-state index < -0.39 is 16.0 Å². The Balaban J connectivity index is 2.10. The number of halogens is 2. The van der Waals surface area contributed by atoms with Gasteiger partial charge in [-0.25, -0.2) is 8.70 Å². The van der Waals surface area contributed by atoms with Crippen molar-refractivity contribution in [1.82, 2.24) is 5.32 Å². The first-order chi connectivity index (χ1) is 11.5. The highest BCUT2D eigenvalue weighted by atomic mass is 35.5. The molecule has 128 valence electrons. The van der Waals surface area contributed by atoms with Crippen molar-refractivity contribution in [3.8, 4) is 0 Å². The molecule has 1 heterocycles. The highest BCUT2D eigenvalue weighted by Gasteiger charge is 2.41. The monoisotopic (exact) mass is 369 g/mol. The predicted molar refractivity (Wildman–Crippen MR) is 94.8 cm³/mol. The SMILES string of the molecule is CNCCCN1c2ccccc2N(c2ccc(Cl)cc2F)S1(=O)=O. The predicted octanol–water partition coefficient (Wildman–Crippen LogP) is 3.29. The third-order valence-corrected chi connectivity index (χ3v) is 5.82. The number of benzene rings is 2. The summed E-state index contributed by atoms with van der Waals surface area (Å²) < 4.78 is 42.7. The lowest BCUT2D eigenvalue weighted by Crippen LogP contribution is -2.37. The summed E-state index contributed by atoms with van der Waals surface area (Å²) in [5.74, 6) is -0.682. The fourth-order valence-corrected chi connectivity index (χ4v) is 4.65. The quantitative estimate of drug-likeness (QED) is 0.823. The Morgan fingerprint density at radius 2 is 1.83 bits per heavy atom. The average Bonchev–Trinajstić information content (AvgIpc) is 2.76. The van der Waals surface area contributed by atoms with Crippen LogP contribution in [-0.2, 0) is 10.2 Å². The zero-order valence-corrected chi connectivity index (χ0v) is 14.6. The Bertz CT molecular complexity index is 860. The second-order valence-corrected chi connectivity index (χ2v) is 7.52. The maximum Gasteiger partial charge on any atom is 0.331 e. The summed E-state index contributed by atoms with van der Waals surface area (Å²) >= 11 is 5.78. The minimum Gasteiger partial charge on any atom is -0.320 e. The van der Waals surface area contributed by atoms with E-state index in [1.165, 1.54) is 16.4 Å². The number of nitrogens with zero attached hydrogens (tertiary/aromatic N) is 2. The first-order valence-corrected chi connectivity index (χ1v) is 9.26. The van der Waals surface area contributed by atoms with Crippen molar-refractivity contribution in [3.05, 3.63) is 53.3 Å². The fourth-order valence-electron chi connectivity index (χ4n) is 2.73. The summed E-state index contributed by atoms with van der Waals surface area (Å²) in [5, 5.41) is 3.21. The van der Waals surface area contributed by atoms with E-state index in [1.54, 1.807) is 24.3 Å². The number of hydrogen-bond donors (Lipinski definition) is 1. The Kier molecular flexibility index (Phi) is 4.67. The zero-order valence-electron chi connectivity index (χ0n) is 13.0. The van der Waals surface area contributed by atoms with E-state index in [1.807, 2.05) is 7.05 Å². The molecule has 0 atom stereocenters. The maximum absolute atomic E-state index is 14.4. The van der Waals surface area contributed by atoms with Crippen molar-refractivity contribution in [3.63, 3.8) is 0 Å². The van der Waals surface area contributed by atoms with Crippen LogP contribution in [-0.4, -0.2) is 28.6 Å². The molecule has 8 heteroatoms. The van der Waals surface area contributed by atoms with Gasteiger partial charge in [0.25, 0.3) is 0 Å². The van der Waals surface area contributed by atoms with Gasteiger partial charge in [0, 0.05) is 11.6 Å².